The van der Waals surface area contributed by atoms with Crippen molar-refractivity contribution in [3.8, 4) is 0 Å². The first-order valence-electron chi connectivity index (χ1n) is 12.5. The molecule has 0 radical (unpaired) electrons. The van der Waals surface area contributed by atoms with E-state index in [2.05, 4.69) is 17.2 Å². The highest BCUT2D eigenvalue weighted by molar-refractivity contribution is 6.05. The second kappa shape index (κ2) is 11.5. The van der Waals surface area contributed by atoms with Crippen LogP contribution >= 0.6 is 0 Å². The van der Waals surface area contributed by atoms with Crippen LogP contribution in [0.4, 0.5) is 36.8 Å². The summed E-state index contributed by atoms with van der Waals surface area (Å²) in [4.78, 5) is 25.0. The Morgan fingerprint density at radius 1 is 0.975 bits per heavy atom. The zero-order chi connectivity index (χ0) is 30.8. The molecule has 2 aromatic rings. The van der Waals surface area contributed by atoms with Crippen molar-refractivity contribution in [2.45, 2.75) is 84.3 Å². The Morgan fingerprint density at radius 3 is 1.93 bits per heavy atom. The molecule has 0 spiro atoms. The van der Waals surface area contributed by atoms with Gasteiger partial charge in [-0.2, -0.15) is 26.3 Å². The number of hydrogen-bond acceptors (Lipinski definition) is 3. The van der Waals surface area contributed by atoms with E-state index in [0.717, 1.165) is 12.1 Å². The number of benzene rings is 2. The van der Waals surface area contributed by atoms with Crippen molar-refractivity contribution >= 4 is 17.7 Å². The fourth-order valence-corrected chi connectivity index (χ4v) is 4.43. The minimum Gasteiger partial charge on any atom is -0.444 e. The van der Waals surface area contributed by atoms with Crippen molar-refractivity contribution < 1.29 is 40.7 Å². The van der Waals surface area contributed by atoms with E-state index in [9.17, 15) is 35.9 Å². The lowest BCUT2D eigenvalue weighted by Crippen LogP contribution is -2.54. The molecule has 0 heterocycles. The molecule has 0 saturated carbocycles. The number of ether oxygens (including phenoxy) is 1. The molecule has 2 amide bonds. The van der Waals surface area contributed by atoms with Crippen molar-refractivity contribution in [1.82, 2.24) is 5.32 Å². The topological polar surface area (TPSA) is 67.4 Å². The van der Waals surface area contributed by atoms with E-state index in [-0.39, 0.29) is 28.8 Å². The van der Waals surface area contributed by atoms with Gasteiger partial charge >= 0.3 is 18.4 Å². The van der Waals surface area contributed by atoms with Crippen LogP contribution < -0.4 is 10.6 Å². The maximum atomic E-state index is 14.1. The number of allylic oxidation sites excluding steroid dienone is 1. The minimum absolute atomic E-state index is 0.0358. The quantitative estimate of drug-likeness (QED) is 0.259. The first-order chi connectivity index (χ1) is 18.2. The zero-order valence-corrected chi connectivity index (χ0v) is 23.4. The number of rotatable bonds is 7. The SMILES string of the molecule is C=C(C)C(c1cc(C)c(NC(=O)c2ccc(C(C)NC(=O)OC(C)(C)C)cc2)c(CC)c1)(C(F)(F)F)C(F)(F)F. The van der Waals surface area contributed by atoms with Crippen molar-refractivity contribution in [3.05, 3.63) is 76.4 Å². The van der Waals surface area contributed by atoms with Crippen LogP contribution in [0.25, 0.3) is 0 Å². The van der Waals surface area contributed by atoms with E-state index < -0.39 is 52.5 Å². The van der Waals surface area contributed by atoms with Gasteiger partial charge in [-0.05, 0) is 82.3 Å². The Bertz CT molecular complexity index is 1240. The van der Waals surface area contributed by atoms with E-state index >= 15 is 0 Å². The molecular weight excluding hydrogens is 538 g/mol. The number of amides is 2. The molecule has 2 N–H and O–H groups in total. The Hall–Kier alpha value is -3.50. The molecule has 40 heavy (non-hydrogen) atoms. The number of halogens is 6. The number of alkyl halides is 6. The largest absolute Gasteiger partial charge is 0.444 e. The van der Waals surface area contributed by atoms with Gasteiger partial charge in [0.25, 0.3) is 5.91 Å². The third kappa shape index (κ3) is 6.79. The molecule has 0 aliphatic rings. The number of anilines is 1. The van der Waals surface area contributed by atoms with Crippen molar-refractivity contribution in [2.24, 2.45) is 0 Å². The van der Waals surface area contributed by atoms with Gasteiger partial charge in [0.1, 0.15) is 5.60 Å². The van der Waals surface area contributed by atoms with Crippen LogP contribution in [-0.4, -0.2) is 30.0 Å². The Balaban J connectivity index is 2.39. The molecule has 0 bridgehead atoms. The fourth-order valence-electron chi connectivity index (χ4n) is 4.43. The maximum absolute atomic E-state index is 14.1. The second-order valence-corrected chi connectivity index (χ2v) is 10.7. The average molecular weight is 573 g/mol. The van der Waals surface area contributed by atoms with Crippen LogP contribution in [-0.2, 0) is 16.6 Å². The van der Waals surface area contributed by atoms with Gasteiger partial charge in [0.2, 0.25) is 5.41 Å². The molecule has 0 saturated heterocycles. The smallest absolute Gasteiger partial charge is 0.410 e. The van der Waals surface area contributed by atoms with E-state index in [0.29, 0.717) is 12.5 Å². The van der Waals surface area contributed by atoms with Gasteiger partial charge in [-0.15, -0.1) is 0 Å². The van der Waals surface area contributed by atoms with Crippen molar-refractivity contribution in [3.63, 3.8) is 0 Å². The van der Waals surface area contributed by atoms with E-state index in [4.69, 9.17) is 4.74 Å². The predicted octanol–water partition coefficient (Wildman–Crippen LogP) is 8.33. The lowest BCUT2D eigenvalue weighted by atomic mass is 9.72. The van der Waals surface area contributed by atoms with Crippen LogP contribution in [0, 0.1) is 6.92 Å². The summed E-state index contributed by atoms with van der Waals surface area (Å²) in [5.74, 6) is -0.609. The molecule has 220 valence electrons. The molecule has 2 aromatic carbocycles. The van der Waals surface area contributed by atoms with Crippen LogP contribution in [0.15, 0.2) is 48.6 Å². The summed E-state index contributed by atoms with van der Waals surface area (Å²) >= 11 is 0. The van der Waals surface area contributed by atoms with Gasteiger partial charge in [0.15, 0.2) is 0 Å². The average Bonchev–Trinajstić information content (AvgIpc) is 2.77. The molecule has 0 aliphatic carbocycles. The van der Waals surface area contributed by atoms with E-state index in [1.54, 1.807) is 46.8 Å². The molecule has 1 atom stereocenters. The first-order valence-corrected chi connectivity index (χ1v) is 12.5. The standard InChI is InChI=1S/C29H34F6N2O3/c1-9-19-15-22(27(16(2)3,28(30,31)32)29(33,34)35)14-17(4)23(19)37-24(38)21-12-10-20(11-13-21)18(5)36-25(39)40-26(6,7)8/h10-15,18H,2,9H2,1,3-8H3,(H,36,39)(H,37,38). The number of aryl methyl sites for hydroxylation is 2. The second-order valence-electron chi connectivity index (χ2n) is 10.7. The van der Waals surface area contributed by atoms with E-state index in [1.807, 2.05) is 0 Å². The summed E-state index contributed by atoms with van der Waals surface area (Å²) < 4.78 is 89.6. The summed E-state index contributed by atoms with van der Waals surface area (Å²) in [6.45, 7) is 13.6. The normalized spacial score (nSPS) is 13.4. The summed E-state index contributed by atoms with van der Waals surface area (Å²) in [5.41, 5.74) is -5.93. The Morgan fingerprint density at radius 2 is 1.50 bits per heavy atom. The van der Waals surface area contributed by atoms with E-state index in [1.165, 1.54) is 19.1 Å². The first kappa shape index (κ1) is 32.7. The lowest BCUT2D eigenvalue weighted by Gasteiger charge is -2.39. The summed E-state index contributed by atoms with van der Waals surface area (Å²) in [5, 5.41) is 5.31. The maximum Gasteiger partial charge on any atom is 0.410 e. The molecule has 2 rings (SSSR count). The number of hydrogen-bond donors (Lipinski definition) is 2. The highest BCUT2D eigenvalue weighted by Gasteiger charge is 2.72. The Kier molecular flexibility index (Phi) is 9.44. The number of carbonyl (C=O) groups excluding carboxylic acids is 2. The third-order valence-corrected chi connectivity index (χ3v) is 6.37. The molecule has 5 nitrogen and oxygen atoms in total. The van der Waals surface area contributed by atoms with Crippen molar-refractivity contribution in [1.29, 1.82) is 0 Å². The van der Waals surface area contributed by atoms with Crippen LogP contribution in [0.5, 0.6) is 0 Å². The summed E-state index contributed by atoms with van der Waals surface area (Å²) in [6, 6.07) is 7.38. The van der Waals surface area contributed by atoms with Gasteiger partial charge in [0, 0.05) is 11.3 Å². The highest BCUT2D eigenvalue weighted by Crippen LogP contribution is 2.56. The fraction of sp³-hybridized carbons (Fsp3) is 0.448. The van der Waals surface area contributed by atoms with Crippen molar-refractivity contribution in [2.75, 3.05) is 5.32 Å². The molecule has 0 aromatic heterocycles. The third-order valence-electron chi connectivity index (χ3n) is 6.37. The number of carbonyl (C=O) groups is 2. The summed E-state index contributed by atoms with van der Waals surface area (Å²) in [6.07, 6.45) is -12.0. The molecule has 0 aliphatic heterocycles. The minimum atomic E-state index is -5.70. The van der Waals surface area contributed by atoms with Crippen LogP contribution in [0.2, 0.25) is 0 Å². The summed E-state index contributed by atoms with van der Waals surface area (Å²) in [7, 11) is 0. The van der Waals surface area contributed by atoms with Gasteiger partial charge in [0.05, 0.1) is 6.04 Å². The molecule has 11 heteroatoms. The van der Waals surface area contributed by atoms with Gasteiger partial charge < -0.3 is 15.4 Å². The lowest BCUT2D eigenvalue weighted by molar-refractivity contribution is -0.289. The zero-order valence-electron chi connectivity index (χ0n) is 23.4. The highest BCUT2D eigenvalue weighted by atomic mass is 19.4. The van der Waals surface area contributed by atoms with Gasteiger partial charge in [-0.1, -0.05) is 43.3 Å². The monoisotopic (exact) mass is 572 g/mol. The van der Waals surface area contributed by atoms with Gasteiger partial charge in [-0.3, -0.25) is 4.79 Å². The Labute approximate surface area is 230 Å². The number of nitrogens with one attached hydrogen (secondary N) is 2. The van der Waals surface area contributed by atoms with Gasteiger partial charge in [-0.25, -0.2) is 4.79 Å². The molecule has 0 fully saturated rings. The van der Waals surface area contributed by atoms with Crippen LogP contribution in [0.1, 0.15) is 80.2 Å². The molecule has 1 unspecified atom stereocenters. The predicted molar refractivity (Wildman–Crippen MR) is 141 cm³/mol. The number of alkyl carbamates (subject to hydrolysis) is 1. The van der Waals surface area contributed by atoms with Crippen LogP contribution in [0.3, 0.4) is 0 Å². The molecular formula is C29H34F6N2O3.